The number of piperidine rings is 1. The molecule has 122 valence electrons. The lowest BCUT2D eigenvalue weighted by Gasteiger charge is -2.31. The fraction of sp³-hybridized carbons (Fsp3) is 0.278. The second kappa shape index (κ2) is 5.96. The van der Waals surface area contributed by atoms with Crippen molar-refractivity contribution in [2.45, 2.75) is 12.8 Å². The Morgan fingerprint density at radius 2 is 1.88 bits per heavy atom. The number of pyridine rings is 2. The highest BCUT2D eigenvalue weighted by atomic mass is 16.1. The maximum Gasteiger partial charge on any atom is 0.220 e. The molecule has 0 bridgehead atoms. The van der Waals surface area contributed by atoms with Gasteiger partial charge >= 0.3 is 0 Å². The van der Waals surface area contributed by atoms with Gasteiger partial charge < -0.3 is 15.0 Å². The molecule has 1 amide bonds. The smallest absolute Gasteiger partial charge is 0.220 e. The molecule has 1 aliphatic heterocycles. The van der Waals surface area contributed by atoms with Crippen molar-refractivity contribution in [3.05, 3.63) is 49.1 Å². The Bertz CT molecular complexity index is 863. The van der Waals surface area contributed by atoms with Gasteiger partial charge in [0.1, 0.15) is 11.5 Å². The maximum absolute atomic E-state index is 11.3. The summed E-state index contributed by atoms with van der Waals surface area (Å²) in [5, 5.41) is 0. The van der Waals surface area contributed by atoms with Crippen LogP contribution in [0.3, 0.4) is 0 Å². The van der Waals surface area contributed by atoms with Gasteiger partial charge in [0.15, 0.2) is 0 Å². The number of hydrogen-bond donors (Lipinski definition) is 1. The minimum Gasteiger partial charge on any atom is -0.369 e. The summed E-state index contributed by atoms with van der Waals surface area (Å²) in [6.07, 6.45) is 9.27. The monoisotopic (exact) mass is 321 g/mol. The lowest BCUT2D eigenvalue weighted by Crippen LogP contribution is -2.38. The van der Waals surface area contributed by atoms with Crippen LogP contribution in [-0.4, -0.2) is 33.4 Å². The van der Waals surface area contributed by atoms with E-state index in [1.165, 1.54) is 0 Å². The molecule has 6 heteroatoms. The maximum atomic E-state index is 11.3. The van der Waals surface area contributed by atoms with E-state index in [0.717, 1.165) is 48.5 Å². The van der Waals surface area contributed by atoms with Crippen LogP contribution in [-0.2, 0) is 4.79 Å². The number of carbonyl (C=O) groups excluding carboxylic acids is 1. The van der Waals surface area contributed by atoms with E-state index in [-0.39, 0.29) is 11.8 Å². The number of carbonyl (C=O) groups is 1. The molecule has 6 nitrogen and oxygen atoms in total. The number of imidazole rings is 1. The number of primary amides is 1. The van der Waals surface area contributed by atoms with Crippen molar-refractivity contribution in [2.75, 3.05) is 18.0 Å². The molecule has 0 radical (unpaired) electrons. The molecule has 0 aromatic carbocycles. The van der Waals surface area contributed by atoms with E-state index in [1.54, 1.807) is 6.20 Å². The summed E-state index contributed by atoms with van der Waals surface area (Å²) in [6.45, 7) is 1.64. The van der Waals surface area contributed by atoms with Gasteiger partial charge in [-0.15, -0.1) is 0 Å². The molecular formula is C18H19N5O. The number of nitrogens with zero attached hydrogens (tertiary/aromatic N) is 4. The molecule has 1 saturated heterocycles. The highest BCUT2D eigenvalue weighted by Gasteiger charge is 2.23. The molecule has 24 heavy (non-hydrogen) atoms. The zero-order valence-corrected chi connectivity index (χ0v) is 13.3. The van der Waals surface area contributed by atoms with Crippen molar-refractivity contribution in [1.82, 2.24) is 14.4 Å². The highest BCUT2D eigenvalue weighted by Crippen LogP contribution is 2.24. The van der Waals surface area contributed by atoms with Gasteiger partial charge in [0.2, 0.25) is 5.91 Å². The van der Waals surface area contributed by atoms with Gasteiger partial charge in [-0.2, -0.15) is 0 Å². The van der Waals surface area contributed by atoms with Crippen molar-refractivity contribution < 1.29 is 4.79 Å². The lowest BCUT2D eigenvalue weighted by molar-refractivity contribution is -0.122. The van der Waals surface area contributed by atoms with Crippen LogP contribution in [0.2, 0.25) is 0 Å². The van der Waals surface area contributed by atoms with Gasteiger partial charge in [-0.1, -0.05) is 0 Å². The van der Waals surface area contributed by atoms with Crippen LogP contribution in [0.5, 0.6) is 0 Å². The molecule has 0 unspecified atom stereocenters. The molecule has 1 fully saturated rings. The second-order valence-electron chi connectivity index (χ2n) is 6.18. The van der Waals surface area contributed by atoms with Crippen LogP contribution < -0.4 is 10.6 Å². The van der Waals surface area contributed by atoms with Crippen molar-refractivity contribution >= 4 is 17.4 Å². The summed E-state index contributed by atoms with van der Waals surface area (Å²) < 4.78 is 2.00. The summed E-state index contributed by atoms with van der Waals surface area (Å²) in [5.74, 6) is 0.765. The first-order valence-electron chi connectivity index (χ1n) is 8.14. The summed E-state index contributed by atoms with van der Waals surface area (Å²) in [4.78, 5) is 22.3. The minimum absolute atomic E-state index is 0.00225. The quantitative estimate of drug-likeness (QED) is 0.801. The molecule has 3 aromatic rings. The molecule has 0 atom stereocenters. The first kappa shape index (κ1) is 14.7. The number of amides is 1. The van der Waals surface area contributed by atoms with E-state index in [0.29, 0.717) is 0 Å². The van der Waals surface area contributed by atoms with Gasteiger partial charge in [-0.3, -0.25) is 4.79 Å². The van der Waals surface area contributed by atoms with Gasteiger partial charge in [0.25, 0.3) is 0 Å². The van der Waals surface area contributed by atoms with E-state index in [2.05, 4.69) is 33.2 Å². The molecule has 2 N–H and O–H groups in total. The average Bonchev–Trinajstić information content (AvgIpc) is 3.09. The largest absolute Gasteiger partial charge is 0.369 e. The third-order valence-corrected chi connectivity index (χ3v) is 4.69. The molecular weight excluding hydrogens is 302 g/mol. The van der Waals surface area contributed by atoms with Crippen molar-refractivity contribution in [2.24, 2.45) is 11.7 Å². The van der Waals surface area contributed by atoms with Crippen LogP contribution in [0.25, 0.3) is 16.8 Å². The van der Waals surface area contributed by atoms with E-state index in [1.807, 2.05) is 28.9 Å². The van der Waals surface area contributed by atoms with E-state index >= 15 is 0 Å². The Balaban J connectivity index is 1.51. The standard InChI is InChI=1S/C18H19N5O/c19-18(24)13-5-8-22(9-6-13)17-3-1-14(11-21-17)15-2-4-16-20-7-10-23(16)12-15/h1-4,7,10-13H,5-6,8-9H2,(H2,19,24). The van der Waals surface area contributed by atoms with Crippen LogP contribution in [0, 0.1) is 5.92 Å². The third-order valence-electron chi connectivity index (χ3n) is 4.69. The van der Waals surface area contributed by atoms with Crippen LogP contribution in [0.1, 0.15) is 12.8 Å². The van der Waals surface area contributed by atoms with Crippen molar-refractivity contribution in [3.8, 4) is 11.1 Å². The number of nitrogens with two attached hydrogens (primary N) is 1. The lowest BCUT2D eigenvalue weighted by atomic mass is 9.96. The Morgan fingerprint density at radius 3 is 2.58 bits per heavy atom. The molecule has 4 rings (SSSR count). The zero-order valence-electron chi connectivity index (χ0n) is 13.3. The Kier molecular flexibility index (Phi) is 3.65. The van der Waals surface area contributed by atoms with Gasteiger partial charge in [-0.05, 0) is 42.7 Å². The fourth-order valence-electron chi connectivity index (χ4n) is 3.23. The van der Waals surface area contributed by atoms with Gasteiger partial charge in [-0.25, -0.2) is 9.97 Å². The normalized spacial score (nSPS) is 15.8. The third kappa shape index (κ3) is 2.71. The van der Waals surface area contributed by atoms with Crippen LogP contribution in [0.4, 0.5) is 5.82 Å². The zero-order chi connectivity index (χ0) is 16.5. The molecule has 3 aromatic heterocycles. The number of anilines is 1. The average molecular weight is 321 g/mol. The summed E-state index contributed by atoms with van der Waals surface area (Å²) >= 11 is 0. The first-order valence-corrected chi connectivity index (χ1v) is 8.14. The van der Waals surface area contributed by atoms with Crippen molar-refractivity contribution in [1.29, 1.82) is 0 Å². The first-order chi connectivity index (χ1) is 11.7. The number of hydrogen-bond acceptors (Lipinski definition) is 4. The highest BCUT2D eigenvalue weighted by molar-refractivity contribution is 5.77. The van der Waals surface area contributed by atoms with E-state index < -0.39 is 0 Å². The summed E-state index contributed by atoms with van der Waals surface area (Å²) in [6, 6.07) is 8.17. The second-order valence-corrected chi connectivity index (χ2v) is 6.18. The fourth-order valence-corrected chi connectivity index (χ4v) is 3.23. The van der Waals surface area contributed by atoms with Gasteiger partial charge in [0.05, 0.1) is 0 Å². The topological polar surface area (TPSA) is 76.5 Å². The van der Waals surface area contributed by atoms with E-state index in [4.69, 9.17) is 5.73 Å². The molecule has 1 aliphatic rings. The summed E-state index contributed by atoms with van der Waals surface area (Å²) in [5.41, 5.74) is 8.49. The van der Waals surface area contributed by atoms with Crippen LogP contribution in [0.15, 0.2) is 49.1 Å². The Labute approximate surface area is 139 Å². The molecule has 0 saturated carbocycles. The number of aromatic nitrogens is 3. The Morgan fingerprint density at radius 1 is 1.08 bits per heavy atom. The molecule has 0 spiro atoms. The van der Waals surface area contributed by atoms with Crippen molar-refractivity contribution in [3.63, 3.8) is 0 Å². The number of fused-ring (bicyclic) bond motifs is 1. The van der Waals surface area contributed by atoms with Gasteiger partial charge in [0, 0.05) is 49.4 Å². The predicted octanol–water partition coefficient (Wildman–Crippen LogP) is 2.10. The molecule has 0 aliphatic carbocycles. The minimum atomic E-state index is -0.187. The van der Waals surface area contributed by atoms with E-state index in [9.17, 15) is 4.79 Å². The summed E-state index contributed by atoms with van der Waals surface area (Å²) in [7, 11) is 0. The van der Waals surface area contributed by atoms with Crippen LogP contribution >= 0.6 is 0 Å². The number of rotatable bonds is 3. The Hall–Kier alpha value is -2.89. The molecule has 4 heterocycles. The predicted molar refractivity (Wildman–Crippen MR) is 92.6 cm³/mol. The SMILES string of the molecule is NC(=O)C1CCN(c2ccc(-c3ccc4nccn4c3)cn2)CC1.